The fourth-order valence-corrected chi connectivity index (χ4v) is 5.82. The summed E-state index contributed by atoms with van der Waals surface area (Å²) in [6.07, 6.45) is 4.53. The van der Waals surface area contributed by atoms with E-state index in [2.05, 4.69) is 31.4 Å². The summed E-state index contributed by atoms with van der Waals surface area (Å²) in [5.74, 6) is 1.21. The van der Waals surface area contributed by atoms with Crippen molar-refractivity contribution in [1.29, 1.82) is 0 Å². The summed E-state index contributed by atoms with van der Waals surface area (Å²) in [5, 5.41) is 12.6. The molecule has 0 aromatic carbocycles. The molecule has 0 unspecified atom stereocenters. The van der Waals surface area contributed by atoms with E-state index in [9.17, 15) is 10.0 Å². The van der Waals surface area contributed by atoms with E-state index in [1.807, 2.05) is 25.7 Å². The summed E-state index contributed by atoms with van der Waals surface area (Å²) in [4.78, 5) is 30.8. The summed E-state index contributed by atoms with van der Waals surface area (Å²) < 4.78 is 10.8. The monoisotopic (exact) mass is 558 g/mol. The fraction of sp³-hybridized carbons (Fsp3) is 0.714. The third kappa shape index (κ3) is 7.34. The van der Waals surface area contributed by atoms with Gasteiger partial charge in [-0.25, -0.2) is 9.78 Å². The van der Waals surface area contributed by atoms with Crippen LogP contribution in [0.3, 0.4) is 0 Å². The van der Waals surface area contributed by atoms with Gasteiger partial charge in [0.1, 0.15) is 17.1 Å². The topological polar surface area (TPSA) is 133 Å². The van der Waals surface area contributed by atoms with Crippen molar-refractivity contribution in [2.75, 3.05) is 75.9 Å². The number of oxime groups is 1. The number of amidine groups is 1. The highest BCUT2D eigenvalue weighted by molar-refractivity contribution is 5.96. The largest absolute Gasteiger partial charge is 0.444 e. The van der Waals surface area contributed by atoms with Crippen molar-refractivity contribution in [2.45, 2.75) is 58.5 Å². The summed E-state index contributed by atoms with van der Waals surface area (Å²) in [7, 11) is 1.72. The van der Waals surface area contributed by atoms with Crippen LogP contribution >= 0.6 is 0 Å². The SMILES string of the molecule is C=C1CN(CCCOC)CCCN1c1nc(/C(N)=N/O)cc(N2CCC3(CCN(C(=O)OC(C)(C)C)C3)CC2)n1. The number of carbonyl (C=O) groups excluding carboxylic acids is 1. The molecule has 0 radical (unpaired) electrons. The molecule has 3 N–H and O–H groups in total. The van der Waals surface area contributed by atoms with Gasteiger partial charge in [-0.3, -0.25) is 4.90 Å². The van der Waals surface area contributed by atoms with Gasteiger partial charge < -0.3 is 35.1 Å². The van der Waals surface area contributed by atoms with Crippen LogP contribution in [-0.2, 0) is 9.47 Å². The molecule has 3 aliphatic heterocycles. The minimum atomic E-state index is -0.501. The van der Waals surface area contributed by atoms with Crippen molar-refractivity contribution in [3.05, 3.63) is 24.0 Å². The van der Waals surface area contributed by atoms with Crippen LogP contribution in [0.25, 0.3) is 0 Å². The number of carbonyl (C=O) groups is 1. The lowest BCUT2D eigenvalue weighted by Crippen LogP contribution is -2.43. The molecule has 4 heterocycles. The smallest absolute Gasteiger partial charge is 0.410 e. The second kappa shape index (κ2) is 12.6. The molecule has 0 saturated carbocycles. The molecule has 3 fully saturated rings. The van der Waals surface area contributed by atoms with Gasteiger partial charge in [-0.2, -0.15) is 4.98 Å². The van der Waals surface area contributed by atoms with E-state index in [1.165, 1.54) is 0 Å². The van der Waals surface area contributed by atoms with Crippen LogP contribution in [0.5, 0.6) is 0 Å². The Bertz CT molecular complexity index is 1080. The first-order valence-corrected chi connectivity index (χ1v) is 14.3. The first-order valence-electron chi connectivity index (χ1n) is 14.3. The molecule has 12 nitrogen and oxygen atoms in total. The molecule has 4 rings (SSSR count). The van der Waals surface area contributed by atoms with Crippen LogP contribution in [0.15, 0.2) is 23.5 Å². The van der Waals surface area contributed by atoms with Gasteiger partial charge >= 0.3 is 6.09 Å². The van der Waals surface area contributed by atoms with E-state index in [-0.39, 0.29) is 17.3 Å². The number of hydrogen-bond acceptors (Lipinski definition) is 10. The van der Waals surface area contributed by atoms with Gasteiger partial charge in [-0.05, 0) is 58.3 Å². The van der Waals surface area contributed by atoms with E-state index >= 15 is 0 Å². The first-order chi connectivity index (χ1) is 19.0. The molecule has 0 bridgehead atoms. The average Bonchev–Trinajstić information content (AvgIpc) is 3.23. The van der Waals surface area contributed by atoms with E-state index in [0.29, 0.717) is 18.2 Å². The Kier molecular flexibility index (Phi) is 9.40. The highest BCUT2D eigenvalue weighted by Crippen LogP contribution is 2.41. The number of nitrogens with zero attached hydrogens (tertiary/aromatic N) is 7. The van der Waals surface area contributed by atoms with Crippen molar-refractivity contribution in [3.8, 4) is 0 Å². The molecule has 1 aromatic rings. The van der Waals surface area contributed by atoms with Crippen LogP contribution < -0.4 is 15.5 Å². The van der Waals surface area contributed by atoms with E-state index in [4.69, 9.17) is 20.2 Å². The minimum absolute atomic E-state index is 0.0520. The molecular formula is C28H46N8O4. The molecular weight excluding hydrogens is 512 g/mol. The summed E-state index contributed by atoms with van der Waals surface area (Å²) in [6, 6.07) is 1.79. The maximum Gasteiger partial charge on any atom is 0.410 e. The first kappa shape index (κ1) is 29.9. The number of ether oxygens (including phenoxy) is 2. The van der Waals surface area contributed by atoms with Crippen LogP contribution in [0.1, 0.15) is 58.6 Å². The lowest BCUT2D eigenvalue weighted by molar-refractivity contribution is 0.0266. The Balaban J connectivity index is 1.46. The van der Waals surface area contributed by atoms with Crippen molar-refractivity contribution >= 4 is 23.7 Å². The zero-order valence-corrected chi connectivity index (χ0v) is 24.6. The van der Waals surface area contributed by atoms with Gasteiger partial charge in [0.2, 0.25) is 5.95 Å². The number of piperidine rings is 1. The lowest BCUT2D eigenvalue weighted by atomic mass is 9.78. The van der Waals surface area contributed by atoms with Gasteiger partial charge in [0.25, 0.3) is 0 Å². The third-order valence-corrected chi connectivity index (χ3v) is 8.02. The summed E-state index contributed by atoms with van der Waals surface area (Å²) in [5.41, 5.74) is 6.90. The van der Waals surface area contributed by atoms with Crippen LogP contribution in [-0.4, -0.2) is 109 Å². The van der Waals surface area contributed by atoms with Gasteiger partial charge in [0.15, 0.2) is 5.84 Å². The van der Waals surface area contributed by atoms with Crippen LogP contribution in [0.2, 0.25) is 0 Å². The maximum atomic E-state index is 12.6. The molecule has 12 heteroatoms. The number of aromatic nitrogens is 2. The molecule has 3 saturated heterocycles. The van der Waals surface area contributed by atoms with E-state index in [0.717, 1.165) is 96.0 Å². The van der Waals surface area contributed by atoms with Crippen molar-refractivity contribution in [1.82, 2.24) is 19.8 Å². The lowest BCUT2D eigenvalue weighted by Gasteiger charge is -2.40. The Morgan fingerprint density at radius 3 is 2.58 bits per heavy atom. The molecule has 222 valence electrons. The van der Waals surface area contributed by atoms with Crippen LogP contribution in [0.4, 0.5) is 16.6 Å². The highest BCUT2D eigenvalue weighted by Gasteiger charge is 2.43. The average molecular weight is 559 g/mol. The molecule has 1 spiro atoms. The molecule has 0 aliphatic carbocycles. The number of rotatable bonds is 7. The molecule has 1 amide bonds. The Morgan fingerprint density at radius 1 is 1.18 bits per heavy atom. The number of likely N-dealkylation sites (tertiary alicyclic amines) is 1. The molecule has 3 aliphatic rings. The second-order valence-electron chi connectivity index (χ2n) is 12.2. The van der Waals surface area contributed by atoms with Crippen molar-refractivity contribution < 1.29 is 19.5 Å². The van der Waals surface area contributed by atoms with Crippen LogP contribution in [0, 0.1) is 5.41 Å². The molecule has 40 heavy (non-hydrogen) atoms. The zero-order chi connectivity index (χ0) is 28.9. The number of anilines is 2. The Morgan fingerprint density at radius 2 is 1.90 bits per heavy atom. The highest BCUT2D eigenvalue weighted by atomic mass is 16.6. The summed E-state index contributed by atoms with van der Waals surface area (Å²) in [6.45, 7) is 17.2. The Hall–Kier alpha value is -3.12. The standard InChI is InChI=1S/C28H46N8O4/c1-21-19-33(12-7-17-39-5)11-6-13-36(21)25-30-22(24(29)32-38)18-23(31-25)34-14-8-28(9-15-34)10-16-35(20-28)26(37)40-27(2,3)4/h18,38H,1,6-17,19-20H2,2-5H3,(H2,29,32). The molecule has 0 atom stereocenters. The Labute approximate surface area is 237 Å². The number of methoxy groups -OCH3 is 1. The number of nitrogens with two attached hydrogens (primary N) is 1. The molecule has 1 aromatic heterocycles. The maximum absolute atomic E-state index is 12.6. The number of amides is 1. The van der Waals surface area contributed by atoms with Gasteiger partial charge in [-0.15, -0.1) is 0 Å². The predicted molar refractivity (Wildman–Crippen MR) is 155 cm³/mol. The quantitative estimate of drug-likeness (QED) is 0.169. The van der Waals surface area contributed by atoms with E-state index < -0.39 is 5.60 Å². The summed E-state index contributed by atoms with van der Waals surface area (Å²) >= 11 is 0. The van der Waals surface area contributed by atoms with E-state index in [1.54, 1.807) is 13.2 Å². The zero-order valence-electron chi connectivity index (χ0n) is 24.6. The van der Waals surface area contributed by atoms with Gasteiger partial charge in [-0.1, -0.05) is 11.7 Å². The van der Waals surface area contributed by atoms with Crippen molar-refractivity contribution in [3.63, 3.8) is 0 Å². The van der Waals surface area contributed by atoms with Gasteiger partial charge in [0.05, 0.1) is 0 Å². The van der Waals surface area contributed by atoms with Gasteiger partial charge in [0, 0.05) is 77.8 Å². The minimum Gasteiger partial charge on any atom is -0.444 e. The fourth-order valence-electron chi connectivity index (χ4n) is 5.82. The normalized spacial score (nSPS) is 20.8. The second-order valence-corrected chi connectivity index (χ2v) is 12.2. The number of hydrogen-bond donors (Lipinski definition) is 2. The predicted octanol–water partition coefficient (Wildman–Crippen LogP) is 2.86. The van der Waals surface area contributed by atoms with Crippen molar-refractivity contribution in [2.24, 2.45) is 16.3 Å². The third-order valence-electron chi connectivity index (χ3n) is 8.02.